The van der Waals surface area contributed by atoms with Crippen LogP contribution in [0.25, 0.3) is 0 Å². The monoisotopic (exact) mass is 568 g/mol. The Hall–Kier alpha value is -4.67. The van der Waals surface area contributed by atoms with Gasteiger partial charge in [-0.2, -0.15) is 0 Å². The molecule has 1 atom stereocenters. The third-order valence-electron chi connectivity index (χ3n) is 6.28. The summed E-state index contributed by atoms with van der Waals surface area (Å²) in [5, 5.41) is 24.2. The van der Waals surface area contributed by atoms with Gasteiger partial charge < -0.3 is 39.5 Å². The first-order valence-electron chi connectivity index (χ1n) is 13.4. The fraction of sp³-hybridized carbons (Fsp3) is 0.367. The average molecular weight is 569 g/mol. The molecule has 0 saturated carbocycles. The molecule has 1 aromatic heterocycles. The van der Waals surface area contributed by atoms with E-state index in [2.05, 4.69) is 10.3 Å². The maximum atomic E-state index is 13.1. The minimum absolute atomic E-state index is 0.0609. The van der Waals surface area contributed by atoms with E-state index >= 15 is 0 Å². The van der Waals surface area contributed by atoms with E-state index in [4.69, 9.17) is 18.9 Å². The molecule has 3 rings (SSSR count). The molecule has 220 valence electrons. The molecule has 41 heavy (non-hydrogen) atoms. The number of carbonyl (C=O) groups is 2. The zero-order chi connectivity index (χ0) is 29.9. The van der Waals surface area contributed by atoms with Gasteiger partial charge in [0.15, 0.2) is 23.0 Å². The molecule has 0 spiro atoms. The number of benzene rings is 2. The van der Waals surface area contributed by atoms with E-state index in [1.54, 1.807) is 13.0 Å². The first-order valence-corrected chi connectivity index (χ1v) is 13.4. The number of phenols is 1. The summed E-state index contributed by atoms with van der Waals surface area (Å²) in [5.74, 6) is -1.62. The Morgan fingerprint density at radius 3 is 2.32 bits per heavy atom. The van der Waals surface area contributed by atoms with Gasteiger partial charge in [-0.3, -0.25) is 9.59 Å². The summed E-state index contributed by atoms with van der Waals surface area (Å²) >= 11 is 0. The highest BCUT2D eigenvalue weighted by Crippen LogP contribution is 2.37. The van der Waals surface area contributed by atoms with Crippen LogP contribution in [0.2, 0.25) is 0 Å². The highest BCUT2D eigenvalue weighted by molar-refractivity contribution is 5.92. The molecule has 11 heteroatoms. The Morgan fingerprint density at radius 2 is 1.66 bits per heavy atom. The summed E-state index contributed by atoms with van der Waals surface area (Å²) in [7, 11) is 1.39. The van der Waals surface area contributed by atoms with Gasteiger partial charge in [0.25, 0.3) is 5.56 Å². The molecule has 11 nitrogen and oxygen atoms in total. The molecule has 1 amide bonds. The fourth-order valence-electron chi connectivity index (χ4n) is 4.39. The number of aromatic hydroxyl groups is 2. The van der Waals surface area contributed by atoms with Crippen LogP contribution in [0.15, 0.2) is 47.4 Å². The van der Waals surface area contributed by atoms with Gasteiger partial charge in [-0.15, -0.1) is 0 Å². The summed E-state index contributed by atoms with van der Waals surface area (Å²) < 4.78 is 21.4. The second kappa shape index (κ2) is 14.6. The van der Waals surface area contributed by atoms with Crippen LogP contribution in [0.1, 0.15) is 60.2 Å². The normalized spacial score (nSPS) is 11.4. The van der Waals surface area contributed by atoms with E-state index in [1.807, 2.05) is 32.0 Å². The summed E-state index contributed by atoms with van der Waals surface area (Å²) in [6.07, 6.45) is 1.30. The third-order valence-corrected chi connectivity index (χ3v) is 6.28. The van der Waals surface area contributed by atoms with Crippen LogP contribution in [0.3, 0.4) is 0 Å². The number of aromatic nitrogens is 1. The fourth-order valence-corrected chi connectivity index (χ4v) is 4.39. The number of methoxy groups -OCH3 is 1. The van der Waals surface area contributed by atoms with E-state index in [0.29, 0.717) is 36.7 Å². The third kappa shape index (κ3) is 7.71. The summed E-state index contributed by atoms with van der Waals surface area (Å²) in [6, 6.07) is 9.98. The number of H-pyrrole nitrogens is 1. The highest BCUT2D eigenvalue weighted by Gasteiger charge is 2.28. The van der Waals surface area contributed by atoms with Gasteiger partial charge in [0.2, 0.25) is 5.91 Å². The molecule has 0 unspecified atom stereocenters. The number of hydrogen-bond donors (Lipinski definition) is 4. The van der Waals surface area contributed by atoms with Gasteiger partial charge in [-0.05, 0) is 62.6 Å². The van der Waals surface area contributed by atoms with Crippen molar-refractivity contribution in [3.8, 4) is 28.7 Å². The maximum absolute atomic E-state index is 13.1. The van der Waals surface area contributed by atoms with Crippen molar-refractivity contribution < 1.29 is 38.7 Å². The van der Waals surface area contributed by atoms with E-state index in [1.165, 1.54) is 19.2 Å². The lowest BCUT2D eigenvalue weighted by molar-refractivity contribution is -0.121. The van der Waals surface area contributed by atoms with Crippen molar-refractivity contribution in [2.24, 2.45) is 0 Å². The Labute approximate surface area is 238 Å². The molecule has 0 aliphatic carbocycles. The standard InChI is InChI=1S/C30H36N2O9/c1-5-39-24-10-8-18(14-25(24)40-6-2)12-13-31-26(34)16-20(19-9-11-23(38-4)22(33)15-19)27-28(35)21(17-32-29(27)36)30(37)41-7-3/h8-11,14-15,17,20,33H,5-7,12-13,16H2,1-4H3,(H,31,34)(H2,32,35,36)/t20-/m0/s1. The number of pyridine rings is 1. The van der Waals surface area contributed by atoms with Crippen molar-refractivity contribution in [1.82, 2.24) is 10.3 Å². The van der Waals surface area contributed by atoms with Gasteiger partial charge in [0.05, 0.1) is 32.5 Å². The Balaban J connectivity index is 1.86. The number of aromatic amines is 1. The Bertz CT molecular complexity index is 1420. The van der Waals surface area contributed by atoms with Crippen molar-refractivity contribution in [3.63, 3.8) is 0 Å². The van der Waals surface area contributed by atoms with Crippen molar-refractivity contribution >= 4 is 11.9 Å². The molecule has 2 aromatic carbocycles. The van der Waals surface area contributed by atoms with E-state index in [0.717, 1.165) is 11.8 Å². The Kier molecular flexibility index (Phi) is 11.0. The number of amides is 1. The predicted molar refractivity (Wildman–Crippen MR) is 151 cm³/mol. The molecular formula is C30H36N2O9. The van der Waals surface area contributed by atoms with Gasteiger partial charge >= 0.3 is 5.97 Å². The number of phenolic OH excluding ortho intramolecular Hbond substituents is 1. The molecule has 3 aromatic rings. The van der Waals surface area contributed by atoms with Gasteiger partial charge in [0, 0.05) is 25.1 Å². The molecular weight excluding hydrogens is 532 g/mol. The van der Waals surface area contributed by atoms with Crippen LogP contribution in [-0.4, -0.2) is 60.5 Å². The maximum Gasteiger partial charge on any atom is 0.343 e. The summed E-state index contributed by atoms with van der Waals surface area (Å²) in [5.41, 5.74) is 0.132. The van der Waals surface area contributed by atoms with Gasteiger partial charge in [0.1, 0.15) is 11.3 Å². The summed E-state index contributed by atoms with van der Waals surface area (Å²) in [4.78, 5) is 40.9. The number of hydrogen-bond acceptors (Lipinski definition) is 9. The molecule has 0 bridgehead atoms. The lowest BCUT2D eigenvalue weighted by atomic mass is 9.87. The number of nitrogens with one attached hydrogen (secondary N) is 2. The predicted octanol–water partition coefficient (Wildman–Crippen LogP) is 3.65. The number of ether oxygens (including phenoxy) is 4. The van der Waals surface area contributed by atoms with Crippen molar-refractivity contribution in [2.45, 2.75) is 39.5 Å². The van der Waals surface area contributed by atoms with Crippen LogP contribution in [0.4, 0.5) is 0 Å². The van der Waals surface area contributed by atoms with E-state index in [-0.39, 0.29) is 42.2 Å². The van der Waals surface area contributed by atoms with Crippen LogP contribution >= 0.6 is 0 Å². The lowest BCUT2D eigenvalue weighted by Crippen LogP contribution is -2.29. The average Bonchev–Trinajstić information content (AvgIpc) is 2.94. The van der Waals surface area contributed by atoms with Gasteiger partial charge in [-0.1, -0.05) is 12.1 Å². The first-order chi connectivity index (χ1) is 19.7. The minimum atomic E-state index is -1.01. The molecule has 0 aliphatic heterocycles. The zero-order valence-electron chi connectivity index (χ0n) is 23.6. The largest absolute Gasteiger partial charge is 0.506 e. The first kappa shape index (κ1) is 30.9. The minimum Gasteiger partial charge on any atom is -0.506 e. The second-order valence-corrected chi connectivity index (χ2v) is 8.95. The molecule has 0 radical (unpaired) electrons. The topological polar surface area (TPSA) is 156 Å². The van der Waals surface area contributed by atoms with E-state index in [9.17, 15) is 24.6 Å². The molecule has 0 fully saturated rings. The van der Waals surface area contributed by atoms with Crippen LogP contribution in [0.5, 0.6) is 28.7 Å². The SMILES string of the molecule is CCOC(=O)c1c[nH]c(=O)c([C@@H](CC(=O)NCCc2ccc(OCC)c(OCC)c2)c2ccc(OC)c(O)c2)c1O. The Morgan fingerprint density at radius 1 is 0.951 bits per heavy atom. The van der Waals surface area contributed by atoms with Gasteiger partial charge in [-0.25, -0.2) is 4.79 Å². The van der Waals surface area contributed by atoms with Crippen LogP contribution in [-0.2, 0) is 16.0 Å². The second-order valence-electron chi connectivity index (χ2n) is 8.95. The number of carbonyl (C=O) groups excluding carboxylic acids is 2. The smallest absolute Gasteiger partial charge is 0.343 e. The van der Waals surface area contributed by atoms with E-state index < -0.39 is 29.1 Å². The zero-order valence-corrected chi connectivity index (χ0v) is 23.6. The van der Waals surface area contributed by atoms with Crippen LogP contribution < -0.4 is 25.1 Å². The van der Waals surface area contributed by atoms with Crippen LogP contribution in [0, 0.1) is 0 Å². The number of rotatable bonds is 14. The molecule has 0 aliphatic rings. The number of esters is 1. The molecule has 1 heterocycles. The van der Waals surface area contributed by atoms with Crippen molar-refractivity contribution in [1.29, 1.82) is 0 Å². The van der Waals surface area contributed by atoms with Crippen molar-refractivity contribution in [2.75, 3.05) is 33.5 Å². The quantitative estimate of drug-likeness (QED) is 0.213. The molecule has 4 N–H and O–H groups in total. The molecule has 0 saturated heterocycles. The lowest BCUT2D eigenvalue weighted by Gasteiger charge is -2.20. The highest BCUT2D eigenvalue weighted by atomic mass is 16.5. The van der Waals surface area contributed by atoms with Crippen molar-refractivity contribution in [3.05, 3.63) is 75.2 Å². The summed E-state index contributed by atoms with van der Waals surface area (Å²) in [6.45, 7) is 6.71.